The fraction of sp³-hybridized carbons (Fsp3) is 0.231. The van der Waals surface area contributed by atoms with Crippen molar-refractivity contribution >= 4 is 11.9 Å². The van der Waals surface area contributed by atoms with Gasteiger partial charge in [0.05, 0.1) is 6.42 Å². The summed E-state index contributed by atoms with van der Waals surface area (Å²) in [5.74, 6) is -0.326. The third-order valence-electron chi connectivity index (χ3n) is 2.64. The molecule has 98 valence electrons. The van der Waals surface area contributed by atoms with E-state index in [2.05, 4.69) is 15.0 Å². The molecule has 0 aliphatic rings. The van der Waals surface area contributed by atoms with Crippen LogP contribution in [0.3, 0.4) is 0 Å². The van der Waals surface area contributed by atoms with Crippen molar-refractivity contribution in [3.05, 3.63) is 36.9 Å². The molecule has 0 atom stereocenters. The summed E-state index contributed by atoms with van der Waals surface area (Å²) < 4.78 is 0. The number of hydrogen-bond donors (Lipinski definition) is 1. The predicted molar refractivity (Wildman–Crippen MR) is 70.8 cm³/mol. The standard InChI is InChI=1S/C13H14N4O2/c1-17(6-4-12(18)19)13-15-8-11(9-16-13)10-3-2-5-14-7-10/h2-3,5,7-9H,4,6H2,1H3,(H,18,19). The number of aromatic nitrogens is 3. The Morgan fingerprint density at radius 3 is 2.58 bits per heavy atom. The normalized spacial score (nSPS) is 10.2. The van der Waals surface area contributed by atoms with E-state index in [1.165, 1.54) is 0 Å². The van der Waals surface area contributed by atoms with E-state index in [4.69, 9.17) is 5.11 Å². The summed E-state index contributed by atoms with van der Waals surface area (Å²) >= 11 is 0. The van der Waals surface area contributed by atoms with Crippen LogP contribution in [0.4, 0.5) is 5.95 Å². The summed E-state index contributed by atoms with van der Waals surface area (Å²) in [5, 5.41) is 8.63. The van der Waals surface area contributed by atoms with E-state index in [0.29, 0.717) is 12.5 Å². The average Bonchev–Trinajstić information content (AvgIpc) is 2.46. The fourth-order valence-corrected chi connectivity index (χ4v) is 1.56. The van der Waals surface area contributed by atoms with Crippen molar-refractivity contribution in [2.75, 3.05) is 18.5 Å². The Balaban J connectivity index is 2.08. The first-order valence-corrected chi connectivity index (χ1v) is 5.82. The Morgan fingerprint density at radius 1 is 1.26 bits per heavy atom. The minimum absolute atomic E-state index is 0.0597. The lowest BCUT2D eigenvalue weighted by molar-refractivity contribution is -0.136. The molecule has 0 bridgehead atoms. The molecule has 0 saturated heterocycles. The van der Waals surface area contributed by atoms with Crippen LogP contribution >= 0.6 is 0 Å². The van der Waals surface area contributed by atoms with Crippen molar-refractivity contribution in [2.45, 2.75) is 6.42 Å². The number of carboxylic acids is 1. The molecule has 0 saturated carbocycles. The van der Waals surface area contributed by atoms with Gasteiger partial charge in [-0.05, 0) is 6.07 Å². The molecule has 2 rings (SSSR count). The lowest BCUT2D eigenvalue weighted by Crippen LogP contribution is -2.22. The van der Waals surface area contributed by atoms with Gasteiger partial charge in [0, 0.05) is 49.5 Å². The van der Waals surface area contributed by atoms with Gasteiger partial charge in [-0.25, -0.2) is 9.97 Å². The van der Waals surface area contributed by atoms with E-state index in [-0.39, 0.29) is 6.42 Å². The molecule has 0 radical (unpaired) electrons. The summed E-state index contributed by atoms with van der Waals surface area (Å²) in [7, 11) is 1.77. The molecule has 0 spiro atoms. The Morgan fingerprint density at radius 2 is 2.00 bits per heavy atom. The number of pyridine rings is 1. The Hall–Kier alpha value is -2.50. The number of nitrogens with zero attached hydrogens (tertiary/aromatic N) is 4. The summed E-state index contributed by atoms with van der Waals surface area (Å²) in [5.41, 5.74) is 1.82. The summed E-state index contributed by atoms with van der Waals surface area (Å²) in [6.07, 6.45) is 6.92. The molecule has 1 N–H and O–H groups in total. The molecule has 2 aromatic heterocycles. The van der Waals surface area contributed by atoms with Crippen LogP contribution in [0.25, 0.3) is 11.1 Å². The van der Waals surface area contributed by atoms with Crippen LogP contribution in [-0.2, 0) is 4.79 Å². The molecular weight excluding hydrogens is 244 g/mol. The number of aliphatic carboxylic acids is 1. The van der Waals surface area contributed by atoms with Gasteiger partial charge in [-0.15, -0.1) is 0 Å². The maximum Gasteiger partial charge on any atom is 0.305 e. The minimum atomic E-state index is -0.834. The first-order valence-electron chi connectivity index (χ1n) is 5.82. The van der Waals surface area contributed by atoms with E-state index < -0.39 is 5.97 Å². The zero-order valence-corrected chi connectivity index (χ0v) is 10.5. The minimum Gasteiger partial charge on any atom is -0.481 e. The molecule has 0 unspecified atom stereocenters. The smallest absolute Gasteiger partial charge is 0.305 e. The number of anilines is 1. The van der Waals surface area contributed by atoms with Crippen molar-refractivity contribution in [2.24, 2.45) is 0 Å². The summed E-state index contributed by atoms with van der Waals surface area (Å²) in [4.78, 5) is 24.7. The van der Waals surface area contributed by atoms with Gasteiger partial charge in [-0.3, -0.25) is 9.78 Å². The van der Waals surface area contributed by atoms with Gasteiger partial charge in [0.15, 0.2) is 0 Å². The lowest BCUT2D eigenvalue weighted by atomic mass is 10.2. The van der Waals surface area contributed by atoms with Crippen LogP contribution in [0.2, 0.25) is 0 Å². The number of carboxylic acid groups (broad SMARTS) is 1. The first-order chi connectivity index (χ1) is 9.16. The highest BCUT2D eigenvalue weighted by molar-refractivity contribution is 5.67. The van der Waals surface area contributed by atoms with Gasteiger partial charge in [0.1, 0.15) is 0 Å². The van der Waals surface area contributed by atoms with Crippen LogP contribution in [0, 0.1) is 0 Å². The number of carbonyl (C=O) groups is 1. The molecule has 0 fully saturated rings. The van der Waals surface area contributed by atoms with Gasteiger partial charge in [0.25, 0.3) is 0 Å². The first kappa shape index (κ1) is 12.9. The molecule has 0 amide bonds. The van der Waals surface area contributed by atoms with E-state index in [1.54, 1.807) is 36.7 Å². The molecular formula is C13H14N4O2. The Bertz CT molecular complexity index is 542. The van der Waals surface area contributed by atoms with Crippen molar-refractivity contribution in [3.8, 4) is 11.1 Å². The zero-order chi connectivity index (χ0) is 13.7. The zero-order valence-electron chi connectivity index (χ0n) is 10.5. The highest BCUT2D eigenvalue weighted by atomic mass is 16.4. The topological polar surface area (TPSA) is 79.2 Å². The monoisotopic (exact) mass is 258 g/mol. The van der Waals surface area contributed by atoms with Crippen molar-refractivity contribution < 1.29 is 9.90 Å². The molecule has 2 aromatic rings. The highest BCUT2D eigenvalue weighted by Gasteiger charge is 2.07. The van der Waals surface area contributed by atoms with Crippen LogP contribution in [0.1, 0.15) is 6.42 Å². The van der Waals surface area contributed by atoms with Crippen LogP contribution in [0.5, 0.6) is 0 Å². The third-order valence-corrected chi connectivity index (χ3v) is 2.64. The Kier molecular flexibility index (Phi) is 4.02. The third kappa shape index (κ3) is 3.48. The molecule has 19 heavy (non-hydrogen) atoms. The largest absolute Gasteiger partial charge is 0.481 e. The van der Waals surface area contributed by atoms with E-state index in [0.717, 1.165) is 11.1 Å². The van der Waals surface area contributed by atoms with Gasteiger partial charge in [0.2, 0.25) is 5.95 Å². The number of rotatable bonds is 5. The molecule has 0 aromatic carbocycles. The quantitative estimate of drug-likeness (QED) is 0.874. The fourth-order valence-electron chi connectivity index (χ4n) is 1.56. The van der Waals surface area contributed by atoms with Crippen LogP contribution in [0.15, 0.2) is 36.9 Å². The molecule has 6 heteroatoms. The molecule has 2 heterocycles. The van der Waals surface area contributed by atoms with E-state index in [9.17, 15) is 4.79 Å². The van der Waals surface area contributed by atoms with E-state index >= 15 is 0 Å². The van der Waals surface area contributed by atoms with Gasteiger partial charge in [-0.2, -0.15) is 0 Å². The summed E-state index contributed by atoms with van der Waals surface area (Å²) in [6.45, 7) is 0.377. The van der Waals surface area contributed by atoms with E-state index in [1.807, 2.05) is 12.1 Å². The number of hydrogen-bond acceptors (Lipinski definition) is 5. The van der Waals surface area contributed by atoms with Gasteiger partial charge < -0.3 is 10.0 Å². The molecule has 0 aliphatic heterocycles. The summed E-state index contributed by atoms with van der Waals surface area (Å²) in [6, 6.07) is 3.78. The van der Waals surface area contributed by atoms with Gasteiger partial charge in [-0.1, -0.05) is 6.07 Å². The molecule has 0 aliphatic carbocycles. The second-order valence-electron chi connectivity index (χ2n) is 4.08. The van der Waals surface area contributed by atoms with Gasteiger partial charge >= 0.3 is 5.97 Å². The maximum absolute atomic E-state index is 10.5. The Labute approximate surface area is 110 Å². The lowest BCUT2D eigenvalue weighted by Gasteiger charge is -2.15. The second-order valence-corrected chi connectivity index (χ2v) is 4.08. The van der Waals surface area contributed by atoms with Crippen LogP contribution in [-0.4, -0.2) is 39.6 Å². The van der Waals surface area contributed by atoms with Crippen molar-refractivity contribution in [1.29, 1.82) is 0 Å². The maximum atomic E-state index is 10.5. The van der Waals surface area contributed by atoms with Crippen LogP contribution < -0.4 is 4.90 Å². The predicted octanol–water partition coefficient (Wildman–Crippen LogP) is 1.45. The second kappa shape index (κ2) is 5.90. The average molecular weight is 258 g/mol. The van der Waals surface area contributed by atoms with Crippen molar-refractivity contribution in [3.63, 3.8) is 0 Å². The SMILES string of the molecule is CN(CCC(=O)O)c1ncc(-c2cccnc2)cn1. The highest BCUT2D eigenvalue weighted by Crippen LogP contribution is 2.17. The molecule has 6 nitrogen and oxygen atoms in total. The van der Waals surface area contributed by atoms with Crippen molar-refractivity contribution in [1.82, 2.24) is 15.0 Å².